The maximum atomic E-state index is 13.0. The molecule has 0 aliphatic rings. The van der Waals surface area contributed by atoms with E-state index in [4.69, 9.17) is 0 Å². The molecule has 0 bridgehead atoms. The smallest absolute Gasteiger partial charge is 0.252 e. The summed E-state index contributed by atoms with van der Waals surface area (Å²) in [6.07, 6.45) is 2.05. The third-order valence-corrected chi connectivity index (χ3v) is 4.63. The first-order chi connectivity index (χ1) is 14.4. The molecule has 0 aliphatic carbocycles. The molecule has 2 amide bonds. The average Bonchev–Trinajstić information content (AvgIpc) is 2.72. The summed E-state index contributed by atoms with van der Waals surface area (Å²) in [5.41, 5.74) is 2.61. The number of halogens is 1. The fourth-order valence-corrected chi connectivity index (χ4v) is 2.98. The first kappa shape index (κ1) is 21.0. The van der Waals surface area contributed by atoms with Crippen molar-refractivity contribution >= 4 is 17.5 Å². The van der Waals surface area contributed by atoms with E-state index in [2.05, 4.69) is 10.6 Å². The van der Waals surface area contributed by atoms with Crippen LogP contribution in [0.5, 0.6) is 0 Å². The molecular weight excluding hydrogens is 385 g/mol. The molecule has 0 atom stereocenters. The Morgan fingerprint density at radius 1 is 1.00 bits per heavy atom. The van der Waals surface area contributed by atoms with Crippen LogP contribution in [0.2, 0.25) is 0 Å². The van der Waals surface area contributed by atoms with Crippen molar-refractivity contribution in [2.75, 3.05) is 11.9 Å². The van der Waals surface area contributed by atoms with Crippen molar-refractivity contribution in [3.05, 3.63) is 99.7 Å². The summed E-state index contributed by atoms with van der Waals surface area (Å²) in [4.78, 5) is 36.7. The number of carbonyl (C=O) groups is 2. The molecule has 0 radical (unpaired) electrons. The van der Waals surface area contributed by atoms with Gasteiger partial charge in [0.1, 0.15) is 12.4 Å². The molecule has 2 N–H and O–H groups in total. The third kappa shape index (κ3) is 5.64. The highest BCUT2D eigenvalue weighted by Gasteiger charge is 2.10. The number of pyridine rings is 1. The SMILES string of the molecule is Cc1ccccc1CCNC(=O)c1ccc(=O)n(CC(=O)Nc2ccc(F)cc2)c1. The zero-order valence-corrected chi connectivity index (χ0v) is 16.5. The van der Waals surface area contributed by atoms with Crippen LogP contribution in [-0.2, 0) is 17.8 Å². The molecule has 154 valence electrons. The molecule has 2 aromatic carbocycles. The van der Waals surface area contributed by atoms with Crippen LogP contribution in [-0.4, -0.2) is 22.9 Å². The number of nitrogens with zero attached hydrogens (tertiary/aromatic N) is 1. The van der Waals surface area contributed by atoms with Gasteiger partial charge in [-0.05, 0) is 54.8 Å². The second-order valence-electron chi connectivity index (χ2n) is 6.87. The van der Waals surface area contributed by atoms with Crippen LogP contribution in [0.15, 0.2) is 71.7 Å². The van der Waals surface area contributed by atoms with Crippen molar-refractivity contribution in [1.82, 2.24) is 9.88 Å². The highest BCUT2D eigenvalue weighted by atomic mass is 19.1. The normalized spacial score (nSPS) is 10.5. The van der Waals surface area contributed by atoms with Crippen molar-refractivity contribution in [3.8, 4) is 0 Å². The molecule has 6 nitrogen and oxygen atoms in total. The quantitative estimate of drug-likeness (QED) is 0.632. The summed E-state index contributed by atoms with van der Waals surface area (Å²) in [6, 6.07) is 15.9. The zero-order valence-electron chi connectivity index (χ0n) is 16.5. The van der Waals surface area contributed by atoms with E-state index in [0.29, 0.717) is 18.7 Å². The highest BCUT2D eigenvalue weighted by molar-refractivity contribution is 5.94. The Labute approximate surface area is 173 Å². The lowest BCUT2D eigenvalue weighted by atomic mass is 10.1. The maximum absolute atomic E-state index is 13.0. The minimum Gasteiger partial charge on any atom is -0.352 e. The summed E-state index contributed by atoms with van der Waals surface area (Å²) in [7, 11) is 0. The number of amides is 2. The van der Waals surface area contributed by atoms with Gasteiger partial charge in [-0.25, -0.2) is 4.39 Å². The molecule has 0 aliphatic heterocycles. The van der Waals surface area contributed by atoms with Crippen LogP contribution >= 0.6 is 0 Å². The summed E-state index contributed by atoms with van der Waals surface area (Å²) < 4.78 is 14.1. The van der Waals surface area contributed by atoms with E-state index in [9.17, 15) is 18.8 Å². The number of nitrogens with one attached hydrogen (secondary N) is 2. The molecule has 0 unspecified atom stereocenters. The lowest BCUT2D eigenvalue weighted by Crippen LogP contribution is -2.30. The molecule has 7 heteroatoms. The van der Waals surface area contributed by atoms with Crippen molar-refractivity contribution < 1.29 is 14.0 Å². The Kier molecular flexibility index (Phi) is 6.75. The lowest BCUT2D eigenvalue weighted by molar-refractivity contribution is -0.116. The van der Waals surface area contributed by atoms with E-state index in [1.165, 1.54) is 42.6 Å². The number of aryl methyl sites for hydroxylation is 1. The van der Waals surface area contributed by atoms with Gasteiger partial charge < -0.3 is 15.2 Å². The van der Waals surface area contributed by atoms with Crippen LogP contribution in [0.3, 0.4) is 0 Å². The van der Waals surface area contributed by atoms with Crippen molar-refractivity contribution in [2.45, 2.75) is 19.9 Å². The fraction of sp³-hybridized carbons (Fsp3) is 0.174. The minimum absolute atomic E-state index is 0.263. The predicted octanol–water partition coefficient (Wildman–Crippen LogP) is 2.91. The second kappa shape index (κ2) is 9.65. The number of hydrogen-bond acceptors (Lipinski definition) is 3. The van der Waals surface area contributed by atoms with Gasteiger partial charge >= 0.3 is 0 Å². The van der Waals surface area contributed by atoms with Gasteiger partial charge in [0.05, 0.1) is 5.56 Å². The Balaban J connectivity index is 1.60. The maximum Gasteiger partial charge on any atom is 0.252 e. The average molecular weight is 407 g/mol. The standard InChI is InChI=1S/C23H22FN3O3/c1-16-4-2-3-5-17(16)12-13-25-23(30)18-6-11-22(29)27(14-18)15-21(28)26-20-9-7-19(24)8-10-20/h2-11,14H,12-13,15H2,1H3,(H,25,30)(H,26,28). The van der Waals surface area contributed by atoms with E-state index in [0.717, 1.165) is 15.7 Å². The summed E-state index contributed by atoms with van der Waals surface area (Å²) in [5, 5.41) is 5.41. The molecule has 3 aromatic rings. The number of aromatic nitrogens is 1. The Bertz CT molecular complexity index is 1110. The summed E-state index contributed by atoms with van der Waals surface area (Å²) >= 11 is 0. The van der Waals surface area contributed by atoms with E-state index < -0.39 is 17.3 Å². The van der Waals surface area contributed by atoms with E-state index in [1.54, 1.807) is 0 Å². The fourth-order valence-electron chi connectivity index (χ4n) is 2.98. The minimum atomic E-state index is -0.458. The Morgan fingerprint density at radius 2 is 1.73 bits per heavy atom. The van der Waals surface area contributed by atoms with E-state index >= 15 is 0 Å². The van der Waals surface area contributed by atoms with Gasteiger partial charge in [0, 0.05) is 24.5 Å². The van der Waals surface area contributed by atoms with Crippen LogP contribution in [0.4, 0.5) is 10.1 Å². The molecule has 0 spiro atoms. The lowest BCUT2D eigenvalue weighted by Gasteiger charge is -2.10. The van der Waals surface area contributed by atoms with E-state index in [1.807, 2.05) is 31.2 Å². The van der Waals surface area contributed by atoms with Gasteiger partial charge in [-0.1, -0.05) is 24.3 Å². The number of anilines is 1. The molecular formula is C23H22FN3O3. The van der Waals surface area contributed by atoms with Crippen LogP contribution in [0, 0.1) is 12.7 Å². The molecule has 0 fully saturated rings. The molecule has 0 saturated heterocycles. The molecule has 3 rings (SSSR count). The van der Waals surface area contributed by atoms with E-state index in [-0.39, 0.29) is 18.0 Å². The van der Waals surface area contributed by atoms with Gasteiger partial charge in [-0.2, -0.15) is 0 Å². The van der Waals surface area contributed by atoms with Gasteiger partial charge in [0.2, 0.25) is 5.91 Å². The summed E-state index contributed by atoms with van der Waals surface area (Å²) in [6.45, 7) is 2.21. The Hall–Kier alpha value is -3.74. The van der Waals surface area contributed by atoms with Crippen molar-refractivity contribution in [2.24, 2.45) is 0 Å². The van der Waals surface area contributed by atoms with Gasteiger partial charge in [-0.15, -0.1) is 0 Å². The number of benzene rings is 2. The third-order valence-electron chi connectivity index (χ3n) is 4.63. The number of rotatable bonds is 7. The summed E-state index contributed by atoms with van der Waals surface area (Å²) in [5.74, 6) is -1.19. The van der Waals surface area contributed by atoms with Crippen molar-refractivity contribution in [3.63, 3.8) is 0 Å². The van der Waals surface area contributed by atoms with Gasteiger partial charge in [0.15, 0.2) is 0 Å². The first-order valence-corrected chi connectivity index (χ1v) is 9.51. The van der Waals surface area contributed by atoms with Gasteiger partial charge in [-0.3, -0.25) is 14.4 Å². The monoisotopic (exact) mass is 407 g/mol. The largest absolute Gasteiger partial charge is 0.352 e. The number of hydrogen-bond donors (Lipinski definition) is 2. The van der Waals surface area contributed by atoms with Crippen LogP contribution in [0.25, 0.3) is 0 Å². The van der Waals surface area contributed by atoms with Crippen molar-refractivity contribution in [1.29, 1.82) is 0 Å². The predicted molar refractivity (Wildman–Crippen MR) is 113 cm³/mol. The van der Waals surface area contributed by atoms with Crippen LogP contribution in [0.1, 0.15) is 21.5 Å². The molecule has 30 heavy (non-hydrogen) atoms. The Morgan fingerprint density at radius 3 is 2.47 bits per heavy atom. The highest BCUT2D eigenvalue weighted by Crippen LogP contribution is 2.09. The number of carbonyl (C=O) groups excluding carboxylic acids is 2. The molecule has 0 saturated carbocycles. The topological polar surface area (TPSA) is 80.2 Å². The zero-order chi connectivity index (χ0) is 21.5. The first-order valence-electron chi connectivity index (χ1n) is 9.51. The molecule has 1 heterocycles. The van der Waals surface area contributed by atoms with Crippen LogP contribution < -0.4 is 16.2 Å². The van der Waals surface area contributed by atoms with Gasteiger partial charge in [0.25, 0.3) is 11.5 Å². The second-order valence-corrected chi connectivity index (χ2v) is 6.87. The molecule has 1 aromatic heterocycles.